The van der Waals surface area contributed by atoms with Crippen molar-refractivity contribution in [3.8, 4) is 0 Å². The summed E-state index contributed by atoms with van der Waals surface area (Å²) in [5.41, 5.74) is 6.64. The molecule has 1 aromatic rings. The molecular weight excluding hydrogens is 182 g/mol. The van der Waals surface area contributed by atoms with E-state index < -0.39 is 6.04 Å². The number of carbonyl (C=O) groups excluding carboxylic acids is 1. The Morgan fingerprint density at radius 2 is 2.50 bits per heavy atom. The predicted molar refractivity (Wildman–Crippen MR) is 51.6 cm³/mol. The van der Waals surface area contributed by atoms with E-state index in [0.717, 1.165) is 5.69 Å². The van der Waals surface area contributed by atoms with E-state index in [9.17, 15) is 4.79 Å². The lowest BCUT2D eigenvalue weighted by molar-refractivity contribution is -0.142. The molecule has 78 valence electrons. The fourth-order valence-corrected chi connectivity index (χ4v) is 1.16. The van der Waals surface area contributed by atoms with Gasteiger partial charge in [-0.05, 0) is 19.4 Å². The topological polar surface area (TPSA) is 70.1 Å². The molecule has 0 radical (unpaired) electrons. The van der Waals surface area contributed by atoms with Gasteiger partial charge in [-0.15, -0.1) is 0 Å². The van der Waals surface area contributed by atoms with Gasteiger partial charge in [0.25, 0.3) is 0 Å². The van der Waals surface area contributed by atoms with Gasteiger partial charge in [0.05, 0.1) is 7.11 Å². The Morgan fingerprint density at radius 3 is 3.00 bits per heavy atom. The number of aromatic nitrogens is 2. The van der Waals surface area contributed by atoms with E-state index in [4.69, 9.17) is 5.73 Å². The number of aryl methyl sites for hydroxylation is 2. The number of esters is 1. The third-order valence-corrected chi connectivity index (χ3v) is 2.08. The van der Waals surface area contributed by atoms with Gasteiger partial charge in [-0.2, -0.15) is 5.10 Å². The zero-order valence-electron chi connectivity index (χ0n) is 8.43. The molecule has 5 heteroatoms. The number of ether oxygens (including phenoxy) is 1. The van der Waals surface area contributed by atoms with Crippen LogP contribution >= 0.6 is 0 Å². The van der Waals surface area contributed by atoms with Crippen molar-refractivity contribution in [2.24, 2.45) is 5.73 Å². The summed E-state index contributed by atoms with van der Waals surface area (Å²) >= 11 is 0. The molecule has 2 N–H and O–H groups in total. The van der Waals surface area contributed by atoms with E-state index in [-0.39, 0.29) is 5.97 Å². The largest absolute Gasteiger partial charge is 0.468 e. The highest BCUT2D eigenvalue weighted by atomic mass is 16.5. The van der Waals surface area contributed by atoms with Crippen molar-refractivity contribution in [3.05, 3.63) is 18.0 Å². The second kappa shape index (κ2) is 4.76. The minimum Gasteiger partial charge on any atom is -0.468 e. The van der Waals surface area contributed by atoms with Crippen LogP contribution in [0.1, 0.15) is 12.1 Å². The Labute approximate surface area is 82.8 Å². The van der Waals surface area contributed by atoms with Crippen LogP contribution in [-0.2, 0) is 16.1 Å². The zero-order chi connectivity index (χ0) is 10.6. The van der Waals surface area contributed by atoms with Gasteiger partial charge in [-0.25, -0.2) is 0 Å². The van der Waals surface area contributed by atoms with E-state index in [1.165, 1.54) is 7.11 Å². The molecule has 14 heavy (non-hydrogen) atoms. The lowest BCUT2D eigenvalue weighted by atomic mass is 10.2. The van der Waals surface area contributed by atoms with Crippen molar-refractivity contribution in [1.29, 1.82) is 0 Å². The maximum atomic E-state index is 11.0. The van der Waals surface area contributed by atoms with Crippen LogP contribution in [0.5, 0.6) is 0 Å². The van der Waals surface area contributed by atoms with E-state index in [2.05, 4.69) is 9.84 Å². The first-order chi connectivity index (χ1) is 6.65. The highest BCUT2D eigenvalue weighted by molar-refractivity contribution is 5.75. The molecule has 0 spiro atoms. The van der Waals surface area contributed by atoms with Gasteiger partial charge in [-0.1, -0.05) is 0 Å². The summed E-state index contributed by atoms with van der Waals surface area (Å²) in [5.74, 6) is -0.380. The molecule has 0 aromatic carbocycles. The molecule has 0 amide bonds. The van der Waals surface area contributed by atoms with Crippen molar-refractivity contribution in [2.45, 2.75) is 25.9 Å². The first kappa shape index (κ1) is 10.7. The molecule has 1 unspecified atom stereocenters. The maximum absolute atomic E-state index is 11.0. The van der Waals surface area contributed by atoms with Gasteiger partial charge in [0.1, 0.15) is 6.04 Å². The maximum Gasteiger partial charge on any atom is 0.322 e. The van der Waals surface area contributed by atoms with Crippen molar-refractivity contribution in [2.75, 3.05) is 7.11 Å². The third-order valence-electron chi connectivity index (χ3n) is 2.08. The molecule has 0 aliphatic carbocycles. The first-order valence-corrected chi connectivity index (χ1v) is 4.47. The van der Waals surface area contributed by atoms with Crippen LogP contribution in [0, 0.1) is 6.92 Å². The van der Waals surface area contributed by atoms with Gasteiger partial charge in [0.2, 0.25) is 0 Å². The summed E-state index contributed by atoms with van der Waals surface area (Å²) in [7, 11) is 1.33. The minimum absolute atomic E-state index is 0.380. The molecule has 5 nitrogen and oxygen atoms in total. The molecule has 0 saturated carbocycles. The van der Waals surface area contributed by atoms with Crippen molar-refractivity contribution in [3.63, 3.8) is 0 Å². The molecular formula is C9H15N3O2. The molecule has 1 aromatic heterocycles. The second-order valence-electron chi connectivity index (χ2n) is 3.11. The number of carbonyl (C=O) groups is 1. The van der Waals surface area contributed by atoms with Crippen LogP contribution < -0.4 is 5.73 Å². The van der Waals surface area contributed by atoms with Crippen LogP contribution in [0.15, 0.2) is 12.3 Å². The van der Waals surface area contributed by atoms with E-state index >= 15 is 0 Å². The Hall–Kier alpha value is -1.36. The van der Waals surface area contributed by atoms with Crippen molar-refractivity contribution < 1.29 is 9.53 Å². The standard InChI is InChI=1S/C9H15N3O2/c1-7-3-5-11-12(7)6-4-8(10)9(13)14-2/h3,5,8H,4,6,10H2,1-2H3. The smallest absolute Gasteiger partial charge is 0.322 e. The number of hydrogen-bond acceptors (Lipinski definition) is 4. The van der Waals surface area contributed by atoms with Crippen molar-refractivity contribution >= 4 is 5.97 Å². The van der Waals surface area contributed by atoms with Crippen LogP contribution in [0.3, 0.4) is 0 Å². The van der Waals surface area contributed by atoms with Crippen LogP contribution in [0.4, 0.5) is 0 Å². The van der Waals surface area contributed by atoms with Crippen LogP contribution in [-0.4, -0.2) is 28.9 Å². The van der Waals surface area contributed by atoms with Crippen molar-refractivity contribution in [1.82, 2.24) is 9.78 Å². The molecule has 1 rings (SSSR count). The fourth-order valence-electron chi connectivity index (χ4n) is 1.16. The van der Waals surface area contributed by atoms with Gasteiger partial charge >= 0.3 is 5.97 Å². The van der Waals surface area contributed by atoms with E-state index in [0.29, 0.717) is 13.0 Å². The summed E-state index contributed by atoms with van der Waals surface area (Å²) < 4.78 is 6.33. The Kier molecular flexibility index (Phi) is 3.64. The number of nitrogens with two attached hydrogens (primary N) is 1. The summed E-state index contributed by atoms with van der Waals surface area (Å²) in [6.45, 7) is 2.59. The molecule has 0 bridgehead atoms. The molecule has 0 aliphatic rings. The molecule has 0 saturated heterocycles. The SMILES string of the molecule is COC(=O)C(N)CCn1nccc1C. The number of rotatable bonds is 4. The predicted octanol–water partition coefficient (Wildman–Crippen LogP) is 0.0819. The Morgan fingerprint density at radius 1 is 1.79 bits per heavy atom. The fraction of sp³-hybridized carbons (Fsp3) is 0.556. The monoisotopic (exact) mass is 197 g/mol. The minimum atomic E-state index is -0.566. The van der Waals surface area contributed by atoms with Gasteiger partial charge in [0.15, 0.2) is 0 Å². The van der Waals surface area contributed by atoms with Gasteiger partial charge < -0.3 is 10.5 Å². The number of methoxy groups -OCH3 is 1. The van der Waals surface area contributed by atoms with Crippen LogP contribution in [0.25, 0.3) is 0 Å². The first-order valence-electron chi connectivity index (χ1n) is 4.47. The quantitative estimate of drug-likeness (QED) is 0.694. The third kappa shape index (κ3) is 2.56. The lowest BCUT2D eigenvalue weighted by Gasteiger charge is -2.09. The lowest BCUT2D eigenvalue weighted by Crippen LogP contribution is -2.32. The second-order valence-corrected chi connectivity index (χ2v) is 3.11. The molecule has 1 heterocycles. The van der Waals surface area contributed by atoms with E-state index in [1.807, 2.05) is 17.7 Å². The molecule has 0 fully saturated rings. The van der Waals surface area contributed by atoms with Gasteiger partial charge in [-0.3, -0.25) is 9.48 Å². The van der Waals surface area contributed by atoms with Gasteiger partial charge in [0, 0.05) is 18.4 Å². The highest BCUT2D eigenvalue weighted by Crippen LogP contribution is 2.00. The number of nitrogens with zero attached hydrogens (tertiary/aromatic N) is 2. The highest BCUT2D eigenvalue weighted by Gasteiger charge is 2.13. The van der Waals surface area contributed by atoms with Crippen LogP contribution in [0.2, 0.25) is 0 Å². The summed E-state index contributed by atoms with van der Waals surface area (Å²) in [4.78, 5) is 11.0. The normalized spacial score (nSPS) is 12.5. The summed E-state index contributed by atoms with van der Waals surface area (Å²) in [5, 5.41) is 4.08. The van der Waals surface area contributed by atoms with E-state index in [1.54, 1.807) is 6.20 Å². The zero-order valence-corrected chi connectivity index (χ0v) is 8.43. The average Bonchev–Trinajstić information content (AvgIpc) is 2.59. The molecule has 0 aliphatic heterocycles. The average molecular weight is 197 g/mol. The number of hydrogen-bond donors (Lipinski definition) is 1. The Balaban J connectivity index is 2.41. The Bertz CT molecular complexity index is 309. The summed E-state index contributed by atoms with van der Waals surface area (Å²) in [6, 6.07) is 1.34. The summed E-state index contributed by atoms with van der Waals surface area (Å²) in [6.07, 6.45) is 2.26. The molecule has 1 atom stereocenters.